The molecule has 0 radical (unpaired) electrons. The molecule has 0 amide bonds. The number of nitrogens with zero attached hydrogens (tertiary/aromatic N) is 3. The zero-order valence-electron chi connectivity index (χ0n) is 14.3. The maximum absolute atomic E-state index is 6.20. The van der Waals surface area contributed by atoms with Gasteiger partial charge in [-0.2, -0.15) is 0 Å². The molecule has 0 atom stereocenters. The molecular weight excluding hydrogens is 277 g/mol. The van der Waals surface area contributed by atoms with Gasteiger partial charge in [-0.3, -0.25) is 0 Å². The molecule has 120 valence electrons. The molecule has 2 aliphatic rings. The van der Waals surface area contributed by atoms with Crippen LogP contribution in [0.5, 0.6) is 0 Å². The number of anilines is 1. The summed E-state index contributed by atoms with van der Waals surface area (Å²) in [5, 5.41) is 0. The van der Waals surface area contributed by atoms with E-state index in [1.54, 1.807) is 0 Å². The summed E-state index contributed by atoms with van der Waals surface area (Å²) in [6.07, 6.45) is 1.85. The summed E-state index contributed by atoms with van der Waals surface area (Å²) in [6, 6.07) is 4.03. The molecule has 0 spiro atoms. The maximum atomic E-state index is 6.20. The van der Waals surface area contributed by atoms with Gasteiger partial charge in [0.2, 0.25) is 0 Å². The Bertz CT molecular complexity index is 526. The average Bonchev–Trinajstić information content (AvgIpc) is 2.68. The van der Waals surface area contributed by atoms with Crippen molar-refractivity contribution in [1.82, 2.24) is 9.88 Å². The quantitative estimate of drug-likeness (QED) is 0.766. The fraction of sp³-hybridized carbons (Fsp3) is 0.688. The lowest BCUT2D eigenvalue weighted by Crippen LogP contribution is -2.48. The van der Waals surface area contributed by atoms with Crippen LogP contribution in [0.1, 0.15) is 27.7 Å². The number of hydrogen-bond donors (Lipinski definition) is 0. The van der Waals surface area contributed by atoms with Gasteiger partial charge < -0.3 is 19.1 Å². The Hall–Kier alpha value is -1.11. The van der Waals surface area contributed by atoms with Crippen molar-refractivity contribution in [1.29, 1.82) is 0 Å². The van der Waals surface area contributed by atoms with Gasteiger partial charge in [0.05, 0.1) is 11.2 Å². The minimum atomic E-state index is -0.353. The van der Waals surface area contributed by atoms with Crippen LogP contribution in [-0.4, -0.2) is 61.4 Å². The third-order valence-corrected chi connectivity index (χ3v) is 5.13. The lowest BCUT2D eigenvalue weighted by molar-refractivity contribution is 0.00578. The summed E-state index contributed by atoms with van der Waals surface area (Å²) in [4.78, 5) is 9.29. The van der Waals surface area contributed by atoms with Gasteiger partial charge in [-0.15, -0.1) is 0 Å². The lowest BCUT2D eigenvalue weighted by Gasteiger charge is -2.34. The van der Waals surface area contributed by atoms with Gasteiger partial charge in [0.1, 0.15) is 5.82 Å². The van der Waals surface area contributed by atoms with E-state index in [1.807, 2.05) is 12.3 Å². The van der Waals surface area contributed by atoms with E-state index in [2.05, 4.69) is 55.6 Å². The third-order valence-electron chi connectivity index (χ3n) is 5.13. The highest BCUT2D eigenvalue weighted by Gasteiger charge is 2.52. The van der Waals surface area contributed by atoms with Crippen molar-refractivity contribution >= 4 is 18.4 Å². The van der Waals surface area contributed by atoms with E-state index in [1.165, 1.54) is 0 Å². The fourth-order valence-electron chi connectivity index (χ4n) is 2.85. The van der Waals surface area contributed by atoms with Crippen LogP contribution in [-0.2, 0) is 9.31 Å². The minimum Gasteiger partial charge on any atom is -0.399 e. The second-order valence-corrected chi connectivity index (χ2v) is 7.29. The molecule has 22 heavy (non-hydrogen) atoms. The van der Waals surface area contributed by atoms with Crippen molar-refractivity contribution in [2.45, 2.75) is 38.9 Å². The highest BCUT2D eigenvalue weighted by molar-refractivity contribution is 6.63. The van der Waals surface area contributed by atoms with E-state index in [4.69, 9.17) is 9.31 Å². The summed E-state index contributed by atoms with van der Waals surface area (Å²) < 4.78 is 12.4. The molecule has 0 saturated carbocycles. The van der Waals surface area contributed by atoms with Crippen LogP contribution in [0, 0.1) is 0 Å². The monoisotopic (exact) mass is 303 g/mol. The molecule has 0 N–H and O–H groups in total. The predicted octanol–water partition coefficient (Wildman–Crippen LogP) is 1.13. The zero-order chi connectivity index (χ0) is 16.0. The molecule has 1 aromatic heterocycles. The maximum Gasteiger partial charge on any atom is 0.498 e. The van der Waals surface area contributed by atoms with Crippen LogP contribution in [0.4, 0.5) is 5.82 Å². The van der Waals surface area contributed by atoms with E-state index in [9.17, 15) is 0 Å². The average molecular weight is 303 g/mol. The first-order valence-corrected chi connectivity index (χ1v) is 8.04. The summed E-state index contributed by atoms with van der Waals surface area (Å²) in [6.45, 7) is 12.4. The van der Waals surface area contributed by atoms with Crippen LogP contribution in [0.15, 0.2) is 18.3 Å². The highest BCUT2D eigenvalue weighted by atomic mass is 16.7. The summed E-state index contributed by atoms with van der Waals surface area (Å²) >= 11 is 0. The normalized spacial score (nSPS) is 24.8. The van der Waals surface area contributed by atoms with E-state index in [-0.39, 0.29) is 18.3 Å². The van der Waals surface area contributed by atoms with Crippen molar-refractivity contribution in [3.8, 4) is 0 Å². The summed E-state index contributed by atoms with van der Waals surface area (Å²) in [7, 11) is 1.80. The number of likely N-dealkylation sites (N-methyl/N-ethyl adjacent to an activating group) is 1. The number of rotatable bonds is 2. The highest BCUT2D eigenvalue weighted by Crippen LogP contribution is 2.37. The lowest BCUT2D eigenvalue weighted by atomic mass is 9.79. The van der Waals surface area contributed by atoms with Crippen molar-refractivity contribution in [2.24, 2.45) is 0 Å². The Labute approximate surface area is 133 Å². The van der Waals surface area contributed by atoms with Gasteiger partial charge in [0.25, 0.3) is 0 Å². The molecule has 0 unspecified atom stereocenters. The SMILES string of the molecule is CN1CCN(c2ncccc2B2OC(C)(C)C(C)(C)O2)CC1. The molecule has 0 aliphatic carbocycles. The van der Waals surface area contributed by atoms with E-state index < -0.39 is 0 Å². The molecule has 0 bridgehead atoms. The summed E-state index contributed by atoms with van der Waals surface area (Å²) in [5.41, 5.74) is 0.380. The predicted molar refractivity (Wildman–Crippen MR) is 89.7 cm³/mol. The Kier molecular flexibility index (Phi) is 3.95. The number of pyridine rings is 1. The Balaban J connectivity index is 1.87. The molecule has 3 heterocycles. The van der Waals surface area contributed by atoms with Gasteiger partial charge in [-0.1, -0.05) is 6.07 Å². The Morgan fingerprint density at radius 1 is 1.05 bits per heavy atom. The number of aromatic nitrogens is 1. The molecule has 2 saturated heterocycles. The number of piperazine rings is 1. The molecule has 2 fully saturated rings. The van der Waals surface area contributed by atoms with Gasteiger partial charge in [-0.05, 0) is 40.8 Å². The van der Waals surface area contributed by atoms with E-state index >= 15 is 0 Å². The van der Waals surface area contributed by atoms with E-state index in [0.29, 0.717) is 0 Å². The standard InChI is InChI=1S/C16H26BN3O2/c1-15(2)16(3,4)22-17(21-15)13-7-6-8-18-14(13)20-11-9-19(5)10-12-20/h6-8H,9-12H2,1-5H3. The zero-order valence-corrected chi connectivity index (χ0v) is 14.3. The molecular formula is C16H26BN3O2. The topological polar surface area (TPSA) is 37.8 Å². The summed E-state index contributed by atoms with van der Waals surface area (Å²) in [5.74, 6) is 0.995. The second-order valence-electron chi connectivity index (χ2n) is 7.29. The first kappa shape index (κ1) is 15.8. The minimum absolute atomic E-state index is 0.326. The van der Waals surface area contributed by atoms with Crippen LogP contribution in [0.3, 0.4) is 0 Å². The third kappa shape index (κ3) is 2.75. The van der Waals surface area contributed by atoms with Crippen molar-refractivity contribution in [3.05, 3.63) is 18.3 Å². The smallest absolute Gasteiger partial charge is 0.399 e. The van der Waals surface area contributed by atoms with Crippen molar-refractivity contribution in [3.63, 3.8) is 0 Å². The molecule has 2 aliphatic heterocycles. The van der Waals surface area contributed by atoms with Crippen LogP contribution in [0.2, 0.25) is 0 Å². The van der Waals surface area contributed by atoms with Crippen LogP contribution >= 0.6 is 0 Å². The van der Waals surface area contributed by atoms with Gasteiger partial charge in [0, 0.05) is 37.8 Å². The molecule has 0 aromatic carbocycles. The molecule has 6 heteroatoms. The molecule has 1 aromatic rings. The first-order chi connectivity index (χ1) is 10.3. The second kappa shape index (κ2) is 5.51. The van der Waals surface area contributed by atoms with Crippen molar-refractivity contribution < 1.29 is 9.31 Å². The van der Waals surface area contributed by atoms with Gasteiger partial charge >= 0.3 is 7.12 Å². The molecule has 3 rings (SSSR count). The molecule has 5 nitrogen and oxygen atoms in total. The Morgan fingerprint density at radius 3 is 2.23 bits per heavy atom. The van der Waals surface area contributed by atoms with Crippen LogP contribution < -0.4 is 10.4 Å². The largest absolute Gasteiger partial charge is 0.498 e. The van der Waals surface area contributed by atoms with Crippen molar-refractivity contribution in [2.75, 3.05) is 38.1 Å². The Morgan fingerprint density at radius 2 is 1.64 bits per heavy atom. The van der Waals surface area contributed by atoms with Gasteiger partial charge in [-0.25, -0.2) is 4.98 Å². The number of hydrogen-bond acceptors (Lipinski definition) is 5. The van der Waals surface area contributed by atoms with Gasteiger partial charge in [0.15, 0.2) is 0 Å². The fourth-order valence-corrected chi connectivity index (χ4v) is 2.85. The van der Waals surface area contributed by atoms with Crippen LogP contribution in [0.25, 0.3) is 0 Å². The first-order valence-electron chi connectivity index (χ1n) is 8.04. The van der Waals surface area contributed by atoms with E-state index in [0.717, 1.165) is 37.5 Å².